The van der Waals surface area contributed by atoms with Gasteiger partial charge in [-0.1, -0.05) is 23.9 Å². The van der Waals surface area contributed by atoms with E-state index < -0.39 is 0 Å². The van der Waals surface area contributed by atoms with Gasteiger partial charge < -0.3 is 14.6 Å². The smallest absolute Gasteiger partial charge is 0.234 e. The molecule has 1 amide bonds. The van der Waals surface area contributed by atoms with Gasteiger partial charge in [0.2, 0.25) is 5.91 Å². The summed E-state index contributed by atoms with van der Waals surface area (Å²) in [6.07, 6.45) is 0. The average molecular weight is 411 g/mol. The molecule has 0 aliphatic heterocycles. The van der Waals surface area contributed by atoms with E-state index in [-0.39, 0.29) is 11.7 Å². The third kappa shape index (κ3) is 4.98. The number of hydrogen-bond donors (Lipinski definition) is 1. The minimum absolute atomic E-state index is 0.0584. The van der Waals surface area contributed by atoms with Crippen molar-refractivity contribution in [1.29, 1.82) is 0 Å². The van der Waals surface area contributed by atoms with Gasteiger partial charge in [-0.05, 0) is 69.2 Å². The SMILES string of the molecule is CCOc1ccc(-c2nnc(SCC(=O)Nc3cccc(C)c3C)n2CC)cc1. The van der Waals surface area contributed by atoms with Crippen LogP contribution in [0.15, 0.2) is 47.6 Å². The van der Waals surface area contributed by atoms with Crippen LogP contribution in [0.3, 0.4) is 0 Å². The first kappa shape index (κ1) is 20.9. The van der Waals surface area contributed by atoms with Crippen LogP contribution in [0.2, 0.25) is 0 Å². The fourth-order valence-electron chi connectivity index (χ4n) is 2.96. The maximum absolute atomic E-state index is 12.4. The van der Waals surface area contributed by atoms with Crippen molar-refractivity contribution in [2.24, 2.45) is 0 Å². The van der Waals surface area contributed by atoms with Crippen LogP contribution in [0.5, 0.6) is 5.75 Å². The highest BCUT2D eigenvalue weighted by Gasteiger charge is 2.15. The summed E-state index contributed by atoms with van der Waals surface area (Å²) in [7, 11) is 0. The van der Waals surface area contributed by atoms with Crippen LogP contribution in [-0.4, -0.2) is 33.0 Å². The second-order valence-corrected chi connectivity index (χ2v) is 7.53. The topological polar surface area (TPSA) is 69.0 Å². The molecule has 1 heterocycles. The molecule has 0 fully saturated rings. The molecule has 0 unspecified atom stereocenters. The number of nitrogens with zero attached hydrogens (tertiary/aromatic N) is 3. The van der Waals surface area contributed by atoms with E-state index in [1.807, 2.05) is 74.7 Å². The van der Waals surface area contributed by atoms with Crippen molar-refractivity contribution in [3.05, 3.63) is 53.6 Å². The number of thioether (sulfide) groups is 1. The summed E-state index contributed by atoms with van der Waals surface area (Å²) < 4.78 is 7.52. The molecule has 3 rings (SSSR count). The van der Waals surface area contributed by atoms with Crippen molar-refractivity contribution in [1.82, 2.24) is 14.8 Å². The third-order valence-corrected chi connectivity index (χ3v) is 5.63. The van der Waals surface area contributed by atoms with Crippen LogP contribution >= 0.6 is 11.8 Å². The van der Waals surface area contributed by atoms with Crippen molar-refractivity contribution in [3.8, 4) is 17.1 Å². The molecule has 1 N–H and O–H groups in total. The number of aryl methyl sites for hydroxylation is 1. The molecule has 0 aliphatic rings. The summed E-state index contributed by atoms with van der Waals surface area (Å²) in [5, 5.41) is 12.4. The lowest BCUT2D eigenvalue weighted by atomic mass is 10.1. The number of anilines is 1. The molecule has 7 heteroatoms. The van der Waals surface area contributed by atoms with Gasteiger partial charge in [-0.2, -0.15) is 0 Å². The lowest BCUT2D eigenvalue weighted by Gasteiger charge is -2.11. The van der Waals surface area contributed by atoms with Crippen molar-refractivity contribution in [2.75, 3.05) is 17.7 Å². The Morgan fingerprint density at radius 2 is 1.86 bits per heavy atom. The van der Waals surface area contributed by atoms with E-state index in [2.05, 4.69) is 15.5 Å². The molecule has 0 radical (unpaired) electrons. The van der Waals surface area contributed by atoms with Gasteiger partial charge in [0.1, 0.15) is 5.75 Å². The molecule has 6 nitrogen and oxygen atoms in total. The molecule has 0 spiro atoms. The van der Waals surface area contributed by atoms with Gasteiger partial charge >= 0.3 is 0 Å². The lowest BCUT2D eigenvalue weighted by Crippen LogP contribution is -2.15. The zero-order valence-electron chi connectivity index (χ0n) is 17.2. The Kier molecular flexibility index (Phi) is 6.93. The summed E-state index contributed by atoms with van der Waals surface area (Å²) in [5.74, 6) is 1.83. The molecule has 0 saturated carbocycles. The molecular formula is C22H26N4O2S. The van der Waals surface area contributed by atoms with Crippen LogP contribution in [0.25, 0.3) is 11.4 Å². The monoisotopic (exact) mass is 410 g/mol. The standard InChI is InChI=1S/C22H26N4O2S/c1-5-26-21(17-10-12-18(13-11-17)28-6-2)24-25-22(26)29-14-20(27)23-19-9-7-8-15(3)16(19)4/h7-13H,5-6,14H2,1-4H3,(H,23,27). The zero-order chi connectivity index (χ0) is 20.8. The van der Waals surface area contributed by atoms with Gasteiger partial charge in [-0.25, -0.2) is 0 Å². The molecule has 3 aromatic rings. The molecule has 152 valence electrons. The first-order valence-electron chi connectivity index (χ1n) is 9.68. The van der Waals surface area contributed by atoms with E-state index in [9.17, 15) is 4.79 Å². The molecule has 0 aliphatic carbocycles. The third-order valence-electron chi connectivity index (χ3n) is 4.67. The minimum Gasteiger partial charge on any atom is -0.494 e. The first-order valence-corrected chi connectivity index (χ1v) is 10.7. The summed E-state index contributed by atoms with van der Waals surface area (Å²) in [6.45, 7) is 9.40. The Morgan fingerprint density at radius 1 is 1.10 bits per heavy atom. The van der Waals surface area contributed by atoms with Gasteiger partial charge in [0.15, 0.2) is 11.0 Å². The molecule has 0 atom stereocenters. The molecule has 0 bridgehead atoms. The Balaban J connectivity index is 1.68. The van der Waals surface area contributed by atoms with Gasteiger partial charge in [0, 0.05) is 17.8 Å². The first-order chi connectivity index (χ1) is 14.0. The Bertz CT molecular complexity index is 983. The van der Waals surface area contributed by atoms with Gasteiger partial charge in [0.25, 0.3) is 0 Å². The number of rotatable bonds is 8. The number of aromatic nitrogens is 3. The van der Waals surface area contributed by atoms with E-state index in [1.165, 1.54) is 11.8 Å². The number of benzene rings is 2. The van der Waals surface area contributed by atoms with Crippen molar-refractivity contribution >= 4 is 23.4 Å². The fraction of sp³-hybridized carbons (Fsp3) is 0.318. The minimum atomic E-state index is -0.0584. The largest absolute Gasteiger partial charge is 0.494 e. The molecule has 1 aromatic heterocycles. The average Bonchev–Trinajstić information content (AvgIpc) is 3.13. The number of hydrogen-bond acceptors (Lipinski definition) is 5. The van der Waals surface area contributed by atoms with E-state index in [0.717, 1.165) is 45.7 Å². The van der Waals surface area contributed by atoms with E-state index in [1.54, 1.807) is 0 Å². The summed E-state index contributed by atoms with van der Waals surface area (Å²) >= 11 is 1.39. The van der Waals surface area contributed by atoms with E-state index in [4.69, 9.17) is 4.74 Å². The quantitative estimate of drug-likeness (QED) is 0.545. The summed E-state index contributed by atoms with van der Waals surface area (Å²) in [5.41, 5.74) is 4.05. The number of nitrogens with one attached hydrogen (secondary N) is 1. The van der Waals surface area contributed by atoms with Gasteiger partial charge in [0.05, 0.1) is 12.4 Å². The Labute approximate surface area is 175 Å². The number of amides is 1. The molecule has 2 aromatic carbocycles. The lowest BCUT2D eigenvalue weighted by molar-refractivity contribution is -0.113. The highest BCUT2D eigenvalue weighted by atomic mass is 32.2. The highest BCUT2D eigenvalue weighted by molar-refractivity contribution is 7.99. The van der Waals surface area contributed by atoms with Crippen LogP contribution in [-0.2, 0) is 11.3 Å². The van der Waals surface area contributed by atoms with Crippen LogP contribution in [0.4, 0.5) is 5.69 Å². The van der Waals surface area contributed by atoms with E-state index in [0.29, 0.717) is 6.61 Å². The maximum atomic E-state index is 12.4. The molecular weight excluding hydrogens is 384 g/mol. The van der Waals surface area contributed by atoms with E-state index >= 15 is 0 Å². The fourth-order valence-corrected chi connectivity index (χ4v) is 3.77. The van der Waals surface area contributed by atoms with Gasteiger partial charge in [-0.15, -0.1) is 10.2 Å². The Hall–Kier alpha value is -2.80. The van der Waals surface area contributed by atoms with Gasteiger partial charge in [-0.3, -0.25) is 4.79 Å². The predicted octanol–water partition coefficient (Wildman–Crippen LogP) is 4.71. The van der Waals surface area contributed by atoms with Crippen LogP contribution in [0, 0.1) is 13.8 Å². The number of ether oxygens (including phenoxy) is 1. The normalized spacial score (nSPS) is 10.8. The van der Waals surface area contributed by atoms with Crippen LogP contribution in [0.1, 0.15) is 25.0 Å². The van der Waals surface area contributed by atoms with Crippen molar-refractivity contribution in [2.45, 2.75) is 39.4 Å². The zero-order valence-corrected chi connectivity index (χ0v) is 18.0. The summed E-state index contributed by atoms with van der Waals surface area (Å²) in [4.78, 5) is 12.4. The Morgan fingerprint density at radius 3 is 2.55 bits per heavy atom. The number of carbonyl (C=O) groups is 1. The number of carbonyl (C=O) groups excluding carboxylic acids is 1. The van der Waals surface area contributed by atoms with Crippen LogP contribution < -0.4 is 10.1 Å². The highest BCUT2D eigenvalue weighted by Crippen LogP contribution is 2.26. The summed E-state index contributed by atoms with van der Waals surface area (Å²) in [6, 6.07) is 13.7. The maximum Gasteiger partial charge on any atom is 0.234 e. The second kappa shape index (κ2) is 9.60. The molecule has 29 heavy (non-hydrogen) atoms. The second-order valence-electron chi connectivity index (χ2n) is 6.59. The van der Waals surface area contributed by atoms with Crippen molar-refractivity contribution < 1.29 is 9.53 Å². The van der Waals surface area contributed by atoms with Crippen molar-refractivity contribution in [3.63, 3.8) is 0 Å². The molecule has 0 saturated heterocycles. The predicted molar refractivity (Wildman–Crippen MR) is 118 cm³/mol.